The van der Waals surface area contributed by atoms with Crippen LogP contribution in [0.25, 0.3) is 0 Å². The van der Waals surface area contributed by atoms with Crippen LogP contribution in [0, 0.1) is 0 Å². The predicted molar refractivity (Wildman–Crippen MR) is 73.4 cm³/mol. The van der Waals surface area contributed by atoms with Gasteiger partial charge in [-0.05, 0) is 52.2 Å². The molecule has 80 valence electrons. The first-order valence-electron chi connectivity index (χ1n) is 5.02. The zero-order chi connectivity index (χ0) is 10.7. The Kier molecular flexibility index (Phi) is 4.00. The molecule has 0 N–H and O–H groups in total. The van der Waals surface area contributed by atoms with Crippen LogP contribution >= 0.6 is 38.6 Å². The lowest BCUT2D eigenvalue weighted by Gasteiger charge is -2.08. The van der Waals surface area contributed by atoms with E-state index in [0.29, 0.717) is 4.83 Å². The molecule has 15 heavy (non-hydrogen) atoms. The van der Waals surface area contributed by atoms with Gasteiger partial charge in [-0.2, -0.15) is 11.3 Å². The summed E-state index contributed by atoms with van der Waals surface area (Å²) in [5.41, 5.74) is 2.91. The van der Waals surface area contributed by atoms with E-state index < -0.39 is 0 Å². The molecule has 0 bridgehead atoms. The van der Waals surface area contributed by atoms with Gasteiger partial charge in [-0.3, -0.25) is 0 Å². The fourth-order valence-corrected chi connectivity index (χ4v) is 4.27. The molecule has 1 atom stereocenters. The summed E-state index contributed by atoms with van der Waals surface area (Å²) in [7, 11) is 0. The highest BCUT2D eigenvalue weighted by Crippen LogP contribution is 2.34. The van der Waals surface area contributed by atoms with Crippen molar-refractivity contribution in [2.45, 2.75) is 24.6 Å². The van der Waals surface area contributed by atoms with Crippen molar-refractivity contribution in [3.05, 3.63) is 44.3 Å². The molecule has 3 heteroatoms. The summed E-state index contributed by atoms with van der Waals surface area (Å²) in [6, 6.07) is 4.44. The van der Waals surface area contributed by atoms with Gasteiger partial charge in [-0.25, -0.2) is 0 Å². The van der Waals surface area contributed by atoms with Crippen LogP contribution in [0.2, 0.25) is 0 Å². The fourth-order valence-electron chi connectivity index (χ4n) is 1.62. The molecule has 0 spiro atoms. The Balaban J connectivity index is 2.11. The molecule has 0 saturated carbocycles. The molecule has 0 fully saturated rings. The van der Waals surface area contributed by atoms with Gasteiger partial charge in [0.25, 0.3) is 0 Å². The van der Waals surface area contributed by atoms with Gasteiger partial charge < -0.3 is 0 Å². The maximum Gasteiger partial charge on any atom is 0.0532 e. The molecule has 0 nitrogen and oxygen atoms in total. The Labute approximate surface area is 107 Å². The summed E-state index contributed by atoms with van der Waals surface area (Å²) in [6.45, 7) is 2.22. The number of alkyl halides is 1. The summed E-state index contributed by atoms with van der Waals surface area (Å²) < 4.78 is 0. The van der Waals surface area contributed by atoms with E-state index in [1.807, 2.05) is 11.3 Å². The van der Waals surface area contributed by atoms with Crippen molar-refractivity contribution in [3.63, 3.8) is 0 Å². The second-order valence-electron chi connectivity index (χ2n) is 3.47. The van der Waals surface area contributed by atoms with Gasteiger partial charge in [0.15, 0.2) is 0 Å². The first-order valence-corrected chi connectivity index (χ1v) is 7.76. The second-order valence-corrected chi connectivity index (χ2v) is 6.30. The van der Waals surface area contributed by atoms with Crippen LogP contribution in [0.3, 0.4) is 0 Å². The van der Waals surface area contributed by atoms with Crippen LogP contribution in [0.4, 0.5) is 0 Å². The molecule has 2 aromatic rings. The lowest BCUT2D eigenvalue weighted by Crippen LogP contribution is -1.94. The molecule has 0 amide bonds. The number of hydrogen-bond donors (Lipinski definition) is 0. The van der Waals surface area contributed by atoms with Crippen LogP contribution in [-0.2, 0) is 12.8 Å². The molecule has 0 saturated heterocycles. The lowest BCUT2D eigenvalue weighted by atomic mass is 10.1. The number of thiophene rings is 2. The van der Waals surface area contributed by atoms with Crippen molar-refractivity contribution in [1.82, 2.24) is 0 Å². The fraction of sp³-hybridized carbons (Fsp3) is 0.333. The van der Waals surface area contributed by atoms with Crippen molar-refractivity contribution in [2.24, 2.45) is 0 Å². The lowest BCUT2D eigenvalue weighted by molar-refractivity contribution is 0.950. The Morgan fingerprint density at radius 3 is 2.87 bits per heavy atom. The molecular formula is C12H13BrS2. The van der Waals surface area contributed by atoms with Gasteiger partial charge in [0.2, 0.25) is 0 Å². The molecule has 0 aliphatic rings. The van der Waals surface area contributed by atoms with E-state index in [0.717, 1.165) is 12.8 Å². The largest absolute Gasteiger partial charge is 0.152 e. The van der Waals surface area contributed by atoms with Crippen LogP contribution in [0.15, 0.2) is 28.3 Å². The van der Waals surface area contributed by atoms with Gasteiger partial charge in [-0.15, -0.1) is 11.3 Å². The standard InChI is InChI=1S/C12H13BrS2/c1-2-10-4-6-15-12(10)11(13)7-9-3-5-14-8-9/h3-6,8,11H,2,7H2,1H3. The monoisotopic (exact) mass is 300 g/mol. The Morgan fingerprint density at radius 2 is 2.20 bits per heavy atom. The van der Waals surface area contributed by atoms with Gasteiger partial charge in [0, 0.05) is 4.88 Å². The third-order valence-electron chi connectivity index (χ3n) is 2.44. The van der Waals surface area contributed by atoms with Crippen LogP contribution in [-0.4, -0.2) is 0 Å². The highest BCUT2D eigenvalue weighted by Gasteiger charge is 2.13. The first kappa shape index (κ1) is 11.4. The third kappa shape index (κ3) is 2.71. The summed E-state index contributed by atoms with van der Waals surface area (Å²) >= 11 is 7.43. The molecule has 0 radical (unpaired) electrons. The summed E-state index contributed by atoms with van der Waals surface area (Å²) in [5, 5.41) is 6.56. The maximum absolute atomic E-state index is 3.79. The molecule has 0 aliphatic carbocycles. The predicted octanol–water partition coefficient (Wildman–Crippen LogP) is 5.05. The minimum atomic E-state index is 0.474. The highest BCUT2D eigenvalue weighted by molar-refractivity contribution is 9.09. The van der Waals surface area contributed by atoms with E-state index in [2.05, 4.69) is 51.1 Å². The average Bonchev–Trinajstić information content (AvgIpc) is 2.86. The van der Waals surface area contributed by atoms with Crippen molar-refractivity contribution in [3.8, 4) is 0 Å². The number of aryl methyl sites for hydroxylation is 1. The van der Waals surface area contributed by atoms with Gasteiger partial charge in [0.1, 0.15) is 0 Å². The van der Waals surface area contributed by atoms with Crippen LogP contribution in [0.1, 0.15) is 27.8 Å². The molecule has 0 aromatic carbocycles. The van der Waals surface area contributed by atoms with Crippen molar-refractivity contribution in [2.75, 3.05) is 0 Å². The van der Waals surface area contributed by atoms with Crippen molar-refractivity contribution >= 4 is 38.6 Å². The van der Waals surface area contributed by atoms with E-state index in [-0.39, 0.29) is 0 Å². The van der Waals surface area contributed by atoms with E-state index >= 15 is 0 Å². The second kappa shape index (κ2) is 5.28. The minimum Gasteiger partial charge on any atom is -0.152 e. The summed E-state index contributed by atoms with van der Waals surface area (Å²) in [5.74, 6) is 0. The number of hydrogen-bond acceptors (Lipinski definition) is 2. The SMILES string of the molecule is CCc1ccsc1C(Br)Cc1ccsc1. The first-order chi connectivity index (χ1) is 7.31. The zero-order valence-corrected chi connectivity index (χ0v) is 11.8. The molecule has 2 aromatic heterocycles. The van der Waals surface area contributed by atoms with Gasteiger partial charge in [-0.1, -0.05) is 22.9 Å². The number of halogens is 1. The smallest absolute Gasteiger partial charge is 0.0532 e. The van der Waals surface area contributed by atoms with Crippen molar-refractivity contribution < 1.29 is 0 Å². The van der Waals surface area contributed by atoms with Crippen LogP contribution in [0.5, 0.6) is 0 Å². The van der Waals surface area contributed by atoms with Gasteiger partial charge in [0.05, 0.1) is 4.83 Å². The van der Waals surface area contributed by atoms with Gasteiger partial charge >= 0.3 is 0 Å². The van der Waals surface area contributed by atoms with E-state index in [1.54, 1.807) is 11.3 Å². The maximum atomic E-state index is 3.79. The zero-order valence-electron chi connectivity index (χ0n) is 8.57. The van der Waals surface area contributed by atoms with E-state index in [9.17, 15) is 0 Å². The molecular weight excluding hydrogens is 288 g/mol. The quantitative estimate of drug-likeness (QED) is 0.693. The van der Waals surface area contributed by atoms with E-state index in [4.69, 9.17) is 0 Å². The Morgan fingerprint density at radius 1 is 1.33 bits per heavy atom. The Bertz CT molecular complexity index is 403. The highest BCUT2D eigenvalue weighted by atomic mass is 79.9. The number of rotatable bonds is 4. The molecule has 2 rings (SSSR count). The summed E-state index contributed by atoms with van der Waals surface area (Å²) in [6.07, 6.45) is 2.22. The van der Waals surface area contributed by atoms with E-state index in [1.165, 1.54) is 16.0 Å². The molecule has 0 aliphatic heterocycles. The van der Waals surface area contributed by atoms with Crippen molar-refractivity contribution in [1.29, 1.82) is 0 Å². The average molecular weight is 301 g/mol. The Hall–Kier alpha value is -0.120. The minimum absolute atomic E-state index is 0.474. The molecule has 1 unspecified atom stereocenters. The molecule has 2 heterocycles. The normalized spacial score (nSPS) is 12.9. The van der Waals surface area contributed by atoms with Crippen LogP contribution < -0.4 is 0 Å². The topological polar surface area (TPSA) is 0 Å². The summed E-state index contributed by atoms with van der Waals surface area (Å²) in [4.78, 5) is 1.96. The third-order valence-corrected chi connectivity index (χ3v) is 5.33.